The summed E-state index contributed by atoms with van der Waals surface area (Å²) in [6.45, 7) is 7.26. The maximum absolute atomic E-state index is 5.50. The second-order valence-corrected chi connectivity index (χ2v) is 5.32. The Hall–Kier alpha value is -0.940. The lowest BCUT2D eigenvalue weighted by molar-refractivity contribution is -0.0106. The van der Waals surface area contributed by atoms with Gasteiger partial charge in [0.25, 0.3) is 0 Å². The minimum atomic E-state index is -0.444. The maximum atomic E-state index is 5.50. The molecule has 5 nitrogen and oxygen atoms in total. The van der Waals surface area contributed by atoms with Crippen molar-refractivity contribution in [2.24, 2.45) is 0 Å². The Bertz CT molecular complexity index is 387. The predicted molar refractivity (Wildman–Crippen MR) is 68.4 cm³/mol. The molecule has 0 bridgehead atoms. The van der Waals surface area contributed by atoms with E-state index in [1.54, 1.807) is 7.11 Å². The third kappa shape index (κ3) is 2.57. The molecule has 2 rings (SSSR count). The van der Waals surface area contributed by atoms with E-state index in [1.807, 2.05) is 6.92 Å². The smallest absolute Gasteiger partial charge is 0.229 e. The van der Waals surface area contributed by atoms with Crippen molar-refractivity contribution in [3.05, 3.63) is 11.7 Å². The van der Waals surface area contributed by atoms with Gasteiger partial charge in [0.1, 0.15) is 5.60 Å². The first-order valence-corrected chi connectivity index (χ1v) is 6.71. The molecule has 0 saturated carbocycles. The van der Waals surface area contributed by atoms with Crippen LogP contribution in [0.1, 0.15) is 57.7 Å². The van der Waals surface area contributed by atoms with Crippen molar-refractivity contribution in [2.45, 2.75) is 57.6 Å². The van der Waals surface area contributed by atoms with Gasteiger partial charge >= 0.3 is 0 Å². The van der Waals surface area contributed by atoms with Gasteiger partial charge in [-0.3, -0.25) is 0 Å². The molecule has 1 fully saturated rings. The Labute approximate surface area is 108 Å². The molecule has 3 unspecified atom stereocenters. The topological polar surface area (TPSA) is 60.2 Å². The minimum absolute atomic E-state index is 0.375. The van der Waals surface area contributed by atoms with Crippen molar-refractivity contribution in [2.75, 3.05) is 13.7 Å². The number of nitrogens with zero attached hydrogens (tertiary/aromatic N) is 2. The van der Waals surface area contributed by atoms with Gasteiger partial charge in [-0.25, -0.2) is 0 Å². The van der Waals surface area contributed by atoms with Crippen LogP contribution in [0.3, 0.4) is 0 Å². The van der Waals surface area contributed by atoms with Crippen molar-refractivity contribution in [3.63, 3.8) is 0 Å². The van der Waals surface area contributed by atoms with Crippen LogP contribution >= 0.6 is 0 Å². The Morgan fingerprint density at radius 2 is 2.33 bits per heavy atom. The first-order chi connectivity index (χ1) is 8.59. The van der Waals surface area contributed by atoms with Gasteiger partial charge in [-0.1, -0.05) is 12.1 Å². The Morgan fingerprint density at radius 1 is 1.56 bits per heavy atom. The molecule has 102 valence electrons. The second-order valence-electron chi connectivity index (χ2n) is 5.32. The van der Waals surface area contributed by atoms with Gasteiger partial charge in [-0.05, 0) is 39.7 Å². The fourth-order valence-electron chi connectivity index (χ4n) is 2.37. The molecule has 0 aliphatic carbocycles. The van der Waals surface area contributed by atoms with Crippen LogP contribution in [0.25, 0.3) is 0 Å². The zero-order chi connectivity index (χ0) is 13.2. The highest BCUT2D eigenvalue weighted by Gasteiger charge is 2.32. The number of methoxy groups -OCH3 is 1. The van der Waals surface area contributed by atoms with Crippen molar-refractivity contribution in [1.29, 1.82) is 0 Å². The van der Waals surface area contributed by atoms with Gasteiger partial charge in [0.05, 0.1) is 0 Å². The van der Waals surface area contributed by atoms with E-state index in [0.29, 0.717) is 17.8 Å². The van der Waals surface area contributed by atoms with Gasteiger partial charge in [0.15, 0.2) is 0 Å². The van der Waals surface area contributed by atoms with Crippen LogP contribution in [-0.2, 0) is 10.3 Å². The number of ether oxygens (including phenoxy) is 1. The van der Waals surface area contributed by atoms with Crippen molar-refractivity contribution < 1.29 is 9.26 Å². The molecule has 1 aliphatic rings. The van der Waals surface area contributed by atoms with Gasteiger partial charge in [-0.15, -0.1) is 0 Å². The number of hydrogen-bond donors (Lipinski definition) is 1. The molecule has 5 heteroatoms. The quantitative estimate of drug-likeness (QED) is 0.891. The number of piperidine rings is 1. The summed E-state index contributed by atoms with van der Waals surface area (Å²) in [4.78, 5) is 4.55. The maximum Gasteiger partial charge on any atom is 0.229 e. The van der Waals surface area contributed by atoms with E-state index in [4.69, 9.17) is 9.26 Å². The van der Waals surface area contributed by atoms with Crippen LogP contribution in [-0.4, -0.2) is 29.8 Å². The van der Waals surface area contributed by atoms with Crippen LogP contribution in [0.2, 0.25) is 0 Å². The third-order valence-electron chi connectivity index (χ3n) is 4.01. The molecule has 3 atom stereocenters. The zero-order valence-corrected chi connectivity index (χ0v) is 11.7. The number of aromatic nitrogens is 2. The summed E-state index contributed by atoms with van der Waals surface area (Å²) in [5, 5.41) is 7.53. The molecule has 1 aliphatic heterocycles. The van der Waals surface area contributed by atoms with Gasteiger partial charge < -0.3 is 14.6 Å². The van der Waals surface area contributed by atoms with E-state index in [9.17, 15) is 0 Å². The highest BCUT2D eigenvalue weighted by Crippen LogP contribution is 2.30. The first kappa shape index (κ1) is 13.5. The number of hydrogen-bond acceptors (Lipinski definition) is 5. The molecular weight excluding hydrogens is 230 g/mol. The summed E-state index contributed by atoms with van der Waals surface area (Å²) >= 11 is 0. The highest BCUT2D eigenvalue weighted by atomic mass is 16.5. The van der Waals surface area contributed by atoms with E-state index in [2.05, 4.69) is 29.3 Å². The number of nitrogens with one attached hydrogen (secondary N) is 1. The fourth-order valence-corrected chi connectivity index (χ4v) is 2.37. The van der Waals surface area contributed by atoms with Crippen molar-refractivity contribution in [3.8, 4) is 0 Å². The molecular formula is C13H23N3O2. The lowest BCUT2D eigenvalue weighted by Gasteiger charge is -2.25. The summed E-state index contributed by atoms with van der Waals surface area (Å²) in [5.74, 6) is 1.80. The van der Waals surface area contributed by atoms with Crippen LogP contribution in [0.5, 0.6) is 0 Å². The zero-order valence-electron chi connectivity index (χ0n) is 11.7. The van der Waals surface area contributed by atoms with E-state index < -0.39 is 5.60 Å². The van der Waals surface area contributed by atoms with E-state index in [1.165, 1.54) is 0 Å². The SMILES string of the molecule is CCC(C)(OC)c1noc(C2CCNC(C)C2)n1. The van der Waals surface area contributed by atoms with E-state index in [0.717, 1.165) is 31.7 Å². The summed E-state index contributed by atoms with van der Waals surface area (Å²) in [6, 6.07) is 0.513. The largest absolute Gasteiger partial charge is 0.370 e. The Morgan fingerprint density at radius 3 is 2.94 bits per heavy atom. The molecule has 0 amide bonds. The average Bonchev–Trinajstić information content (AvgIpc) is 2.88. The van der Waals surface area contributed by atoms with Crippen LogP contribution in [0.15, 0.2) is 4.52 Å². The summed E-state index contributed by atoms with van der Waals surface area (Å²) in [6.07, 6.45) is 2.93. The van der Waals surface area contributed by atoms with Crippen LogP contribution in [0, 0.1) is 0 Å². The molecule has 1 N–H and O–H groups in total. The van der Waals surface area contributed by atoms with E-state index >= 15 is 0 Å². The minimum Gasteiger partial charge on any atom is -0.370 e. The lowest BCUT2D eigenvalue weighted by atomic mass is 9.93. The summed E-state index contributed by atoms with van der Waals surface area (Å²) in [7, 11) is 1.69. The summed E-state index contributed by atoms with van der Waals surface area (Å²) in [5.41, 5.74) is -0.444. The van der Waals surface area contributed by atoms with Crippen LogP contribution in [0.4, 0.5) is 0 Å². The molecule has 0 spiro atoms. The molecule has 18 heavy (non-hydrogen) atoms. The Kier molecular flexibility index (Phi) is 4.02. The van der Waals surface area contributed by atoms with Gasteiger partial charge in [0, 0.05) is 19.1 Å². The summed E-state index contributed by atoms with van der Waals surface area (Å²) < 4.78 is 10.9. The van der Waals surface area contributed by atoms with Crippen molar-refractivity contribution in [1.82, 2.24) is 15.5 Å². The molecule has 2 heterocycles. The van der Waals surface area contributed by atoms with Gasteiger partial charge in [-0.2, -0.15) is 4.98 Å². The highest BCUT2D eigenvalue weighted by molar-refractivity contribution is 5.03. The monoisotopic (exact) mass is 253 g/mol. The van der Waals surface area contributed by atoms with E-state index in [-0.39, 0.29) is 0 Å². The molecule has 1 saturated heterocycles. The third-order valence-corrected chi connectivity index (χ3v) is 4.01. The first-order valence-electron chi connectivity index (χ1n) is 6.71. The van der Waals surface area contributed by atoms with Crippen molar-refractivity contribution >= 4 is 0 Å². The number of rotatable bonds is 4. The van der Waals surface area contributed by atoms with Gasteiger partial charge in [0.2, 0.25) is 11.7 Å². The molecule has 1 aromatic rings. The predicted octanol–water partition coefficient (Wildman–Crippen LogP) is 2.20. The lowest BCUT2D eigenvalue weighted by Crippen LogP contribution is -2.35. The van der Waals surface area contributed by atoms with Crippen LogP contribution < -0.4 is 5.32 Å². The second kappa shape index (κ2) is 5.36. The normalized spacial score (nSPS) is 28.0. The fraction of sp³-hybridized carbons (Fsp3) is 0.846. The standard InChI is InChI=1S/C13H23N3O2/c1-5-13(3,17-4)12-15-11(18-16-12)10-6-7-14-9(2)8-10/h9-10,14H,5-8H2,1-4H3. The average molecular weight is 253 g/mol. The molecule has 0 radical (unpaired) electrons. The Balaban J connectivity index is 2.14. The molecule has 1 aromatic heterocycles. The molecule has 0 aromatic carbocycles.